The topological polar surface area (TPSA) is 70.7 Å². The normalized spacial score (nSPS) is 17.2. The first-order chi connectivity index (χ1) is 12.4. The number of carbonyl (C=O) groups is 2. The SMILES string of the molecule is CCOC(=O)C1=C(CN(C)Cc2cccc(Cl)c2Cl)NC(=O)NC1CC. The van der Waals surface area contributed by atoms with Crippen LogP contribution in [0.1, 0.15) is 25.8 Å². The highest BCUT2D eigenvalue weighted by Gasteiger charge is 2.31. The Hall–Kier alpha value is -1.76. The summed E-state index contributed by atoms with van der Waals surface area (Å²) in [5.74, 6) is -0.420. The number of halogens is 2. The molecule has 1 atom stereocenters. The van der Waals surface area contributed by atoms with Gasteiger partial charge in [-0.05, 0) is 32.0 Å². The van der Waals surface area contributed by atoms with E-state index in [1.54, 1.807) is 13.0 Å². The summed E-state index contributed by atoms with van der Waals surface area (Å²) < 4.78 is 5.17. The van der Waals surface area contributed by atoms with Gasteiger partial charge >= 0.3 is 12.0 Å². The second-order valence-electron chi connectivity index (χ2n) is 6.06. The van der Waals surface area contributed by atoms with Crippen LogP contribution >= 0.6 is 23.2 Å². The number of ether oxygens (including phenoxy) is 1. The van der Waals surface area contributed by atoms with Gasteiger partial charge in [-0.3, -0.25) is 4.90 Å². The van der Waals surface area contributed by atoms with Crippen LogP contribution in [0, 0.1) is 0 Å². The van der Waals surface area contributed by atoms with Gasteiger partial charge in [0.25, 0.3) is 0 Å². The molecule has 1 heterocycles. The fourth-order valence-corrected chi connectivity index (χ4v) is 3.25. The van der Waals surface area contributed by atoms with Gasteiger partial charge in [-0.2, -0.15) is 0 Å². The summed E-state index contributed by atoms with van der Waals surface area (Å²) in [6.45, 7) is 4.80. The van der Waals surface area contributed by atoms with E-state index in [4.69, 9.17) is 27.9 Å². The molecule has 0 saturated carbocycles. The molecule has 0 radical (unpaired) electrons. The third kappa shape index (κ3) is 4.90. The van der Waals surface area contributed by atoms with Crippen molar-refractivity contribution in [1.82, 2.24) is 15.5 Å². The molecule has 142 valence electrons. The summed E-state index contributed by atoms with van der Waals surface area (Å²) >= 11 is 12.3. The predicted molar refractivity (Wildman–Crippen MR) is 102 cm³/mol. The van der Waals surface area contributed by atoms with Crippen LogP contribution in [-0.2, 0) is 16.1 Å². The average molecular weight is 400 g/mol. The summed E-state index contributed by atoms with van der Waals surface area (Å²) in [5, 5.41) is 6.49. The van der Waals surface area contributed by atoms with Gasteiger partial charge in [-0.1, -0.05) is 42.3 Å². The molecule has 0 spiro atoms. The molecule has 2 amide bonds. The monoisotopic (exact) mass is 399 g/mol. The number of esters is 1. The maximum absolute atomic E-state index is 12.4. The van der Waals surface area contributed by atoms with E-state index in [-0.39, 0.29) is 18.7 Å². The predicted octanol–water partition coefficient (Wildman–Crippen LogP) is 3.33. The molecule has 1 aliphatic rings. The number of nitrogens with one attached hydrogen (secondary N) is 2. The van der Waals surface area contributed by atoms with Gasteiger partial charge in [0.05, 0.1) is 28.3 Å². The molecule has 8 heteroatoms. The first kappa shape index (κ1) is 20.6. The van der Waals surface area contributed by atoms with Crippen molar-refractivity contribution in [3.63, 3.8) is 0 Å². The fourth-order valence-electron chi connectivity index (χ4n) is 2.87. The van der Waals surface area contributed by atoms with E-state index < -0.39 is 5.97 Å². The van der Waals surface area contributed by atoms with E-state index in [2.05, 4.69) is 10.6 Å². The molecule has 1 unspecified atom stereocenters. The third-order valence-corrected chi connectivity index (χ3v) is 4.90. The fraction of sp³-hybridized carbons (Fsp3) is 0.444. The van der Waals surface area contributed by atoms with Crippen LogP contribution < -0.4 is 10.6 Å². The Balaban J connectivity index is 2.24. The van der Waals surface area contributed by atoms with Crippen molar-refractivity contribution in [3.05, 3.63) is 45.1 Å². The van der Waals surface area contributed by atoms with E-state index in [0.717, 1.165) is 5.56 Å². The number of nitrogens with zero attached hydrogens (tertiary/aromatic N) is 1. The minimum Gasteiger partial charge on any atom is -0.463 e. The molecular formula is C18H23Cl2N3O3. The molecule has 1 aromatic carbocycles. The van der Waals surface area contributed by atoms with E-state index in [9.17, 15) is 9.59 Å². The van der Waals surface area contributed by atoms with E-state index in [1.165, 1.54) is 0 Å². The lowest BCUT2D eigenvalue weighted by Crippen LogP contribution is -2.51. The minimum absolute atomic E-state index is 0.272. The number of carbonyl (C=O) groups excluding carboxylic acids is 2. The van der Waals surface area contributed by atoms with Gasteiger partial charge in [0.1, 0.15) is 0 Å². The van der Waals surface area contributed by atoms with Crippen LogP contribution in [0.25, 0.3) is 0 Å². The molecule has 0 aromatic heterocycles. The number of amides is 2. The Morgan fingerprint density at radius 3 is 2.65 bits per heavy atom. The van der Waals surface area contributed by atoms with Crippen molar-refractivity contribution < 1.29 is 14.3 Å². The standard InChI is InChI=1S/C18H23Cl2N3O3/c1-4-13-15(17(24)26-5-2)14(22-18(25)21-13)10-23(3)9-11-7-6-8-12(19)16(11)20/h6-8,13H,4-5,9-10H2,1-3H3,(H2,21,22,25). The zero-order valence-corrected chi connectivity index (χ0v) is 16.6. The summed E-state index contributed by atoms with van der Waals surface area (Å²) in [4.78, 5) is 26.3. The Bertz CT molecular complexity index is 722. The second-order valence-corrected chi connectivity index (χ2v) is 6.84. The molecule has 2 rings (SSSR count). The quantitative estimate of drug-likeness (QED) is 0.689. The highest BCUT2D eigenvalue weighted by molar-refractivity contribution is 6.42. The van der Waals surface area contributed by atoms with Crippen LogP contribution in [0.4, 0.5) is 4.79 Å². The molecule has 2 N–H and O–H groups in total. The summed E-state index contributed by atoms with van der Waals surface area (Å²) in [6.07, 6.45) is 0.592. The zero-order valence-electron chi connectivity index (χ0n) is 15.1. The number of likely N-dealkylation sites (N-methyl/N-ethyl adjacent to an activating group) is 1. The van der Waals surface area contributed by atoms with Crippen LogP contribution in [0.2, 0.25) is 10.0 Å². The molecule has 6 nitrogen and oxygen atoms in total. The average Bonchev–Trinajstić information content (AvgIpc) is 2.58. The number of hydrogen-bond acceptors (Lipinski definition) is 4. The maximum atomic E-state index is 12.4. The molecule has 0 saturated heterocycles. The largest absolute Gasteiger partial charge is 0.463 e. The number of benzene rings is 1. The number of hydrogen-bond donors (Lipinski definition) is 2. The molecule has 1 aliphatic heterocycles. The smallest absolute Gasteiger partial charge is 0.337 e. The van der Waals surface area contributed by atoms with Crippen LogP contribution in [0.3, 0.4) is 0 Å². The molecule has 1 aromatic rings. The Morgan fingerprint density at radius 1 is 1.27 bits per heavy atom. The second kappa shape index (κ2) is 9.26. The minimum atomic E-state index is -0.420. The van der Waals surface area contributed by atoms with Gasteiger partial charge in [-0.25, -0.2) is 9.59 Å². The highest BCUT2D eigenvalue weighted by Crippen LogP contribution is 2.26. The lowest BCUT2D eigenvalue weighted by molar-refractivity contribution is -0.139. The van der Waals surface area contributed by atoms with Crippen molar-refractivity contribution in [2.45, 2.75) is 32.9 Å². The van der Waals surface area contributed by atoms with Gasteiger partial charge in [0.15, 0.2) is 0 Å². The molecule has 0 aliphatic carbocycles. The van der Waals surface area contributed by atoms with Gasteiger partial charge < -0.3 is 15.4 Å². The lowest BCUT2D eigenvalue weighted by Gasteiger charge is -2.30. The molecule has 0 bridgehead atoms. The van der Waals surface area contributed by atoms with Crippen LogP contribution in [-0.4, -0.2) is 43.1 Å². The Kier molecular flexibility index (Phi) is 7.32. The van der Waals surface area contributed by atoms with Gasteiger partial charge in [-0.15, -0.1) is 0 Å². The summed E-state index contributed by atoms with van der Waals surface area (Å²) in [6, 6.07) is 4.75. The van der Waals surface area contributed by atoms with Crippen LogP contribution in [0.5, 0.6) is 0 Å². The molecular weight excluding hydrogens is 377 g/mol. The van der Waals surface area contributed by atoms with Gasteiger partial charge in [0.2, 0.25) is 0 Å². The van der Waals surface area contributed by atoms with Crippen molar-refractivity contribution >= 4 is 35.2 Å². The first-order valence-electron chi connectivity index (χ1n) is 8.46. The summed E-state index contributed by atoms with van der Waals surface area (Å²) in [5.41, 5.74) is 1.87. The number of rotatable bonds is 7. The van der Waals surface area contributed by atoms with Gasteiger partial charge in [0, 0.05) is 18.8 Å². The van der Waals surface area contributed by atoms with E-state index >= 15 is 0 Å². The first-order valence-corrected chi connectivity index (χ1v) is 9.22. The zero-order chi connectivity index (χ0) is 19.3. The highest BCUT2D eigenvalue weighted by atomic mass is 35.5. The summed E-state index contributed by atoms with van der Waals surface area (Å²) in [7, 11) is 1.88. The van der Waals surface area contributed by atoms with E-state index in [1.807, 2.05) is 31.0 Å². The Labute approximate surface area is 163 Å². The molecule has 26 heavy (non-hydrogen) atoms. The van der Waals surface area contributed by atoms with Crippen molar-refractivity contribution in [2.24, 2.45) is 0 Å². The Morgan fingerprint density at radius 2 is 2.00 bits per heavy atom. The van der Waals surface area contributed by atoms with Crippen molar-refractivity contribution in [1.29, 1.82) is 0 Å². The van der Waals surface area contributed by atoms with Crippen LogP contribution in [0.15, 0.2) is 29.5 Å². The maximum Gasteiger partial charge on any atom is 0.337 e. The molecule has 0 fully saturated rings. The number of urea groups is 1. The van der Waals surface area contributed by atoms with Crippen molar-refractivity contribution in [3.8, 4) is 0 Å². The van der Waals surface area contributed by atoms with E-state index in [0.29, 0.717) is 40.8 Å². The lowest BCUT2D eigenvalue weighted by atomic mass is 10.00. The van der Waals surface area contributed by atoms with Crippen molar-refractivity contribution in [2.75, 3.05) is 20.2 Å². The third-order valence-electron chi connectivity index (χ3n) is 4.05.